The van der Waals surface area contributed by atoms with E-state index in [1.165, 1.54) is 11.1 Å². The molecule has 2 aromatic rings. The molecule has 0 radical (unpaired) electrons. The number of hydrogen-bond acceptors (Lipinski definition) is 0. The summed E-state index contributed by atoms with van der Waals surface area (Å²) in [4.78, 5) is 0. The average molecular weight is 232 g/mol. The van der Waals surface area contributed by atoms with Crippen molar-refractivity contribution >= 4 is 12.2 Å². The first-order chi connectivity index (χ1) is 6.95. The van der Waals surface area contributed by atoms with Crippen LogP contribution >= 0.6 is 0 Å². The standard InChI is InChI=1S/C14H12.Cr/c1-3-7-13(8-4-1)11-12-14-9-5-2-6-10-14;/h1-12H;. The van der Waals surface area contributed by atoms with E-state index in [1.54, 1.807) is 0 Å². The van der Waals surface area contributed by atoms with Crippen LogP contribution < -0.4 is 0 Å². The topological polar surface area (TPSA) is 0 Å². The molecule has 0 bridgehead atoms. The second-order valence-corrected chi connectivity index (χ2v) is 3.15. The second-order valence-electron chi connectivity index (χ2n) is 3.15. The predicted molar refractivity (Wildman–Crippen MR) is 61.8 cm³/mol. The number of benzene rings is 2. The molecule has 74 valence electrons. The third kappa shape index (κ3) is 3.75. The van der Waals surface area contributed by atoms with Crippen molar-refractivity contribution in [3.05, 3.63) is 71.8 Å². The third-order valence-electron chi connectivity index (χ3n) is 2.07. The minimum Gasteiger partial charge on any atom is -0.0622 e. The molecule has 0 aliphatic rings. The van der Waals surface area contributed by atoms with Crippen LogP contribution in [-0.4, -0.2) is 0 Å². The maximum Gasteiger partial charge on any atom is 0 e. The monoisotopic (exact) mass is 232 g/mol. The van der Waals surface area contributed by atoms with Gasteiger partial charge < -0.3 is 0 Å². The Morgan fingerprint density at radius 1 is 0.533 bits per heavy atom. The summed E-state index contributed by atoms with van der Waals surface area (Å²) in [7, 11) is 0. The van der Waals surface area contributed by atoms with Crippen molar-refractivity contribution < 1.29 is 17.4 Å². The first-order valence-corrected chi connectivity index (χ1v) is 4.73. The Hall–Kier alpha value is -1.29. The van der Waals surface area contributed by atoms with Crippen LogP contribution in [0, 0.1) is 0 Å². The molecule has 0 spiro atoms. The van der Waals surface area contributed by atoms with E-state index in [9.17, 15) is 0 Å². The van der Waals surface area contributed by atoms with Gasteiger partial charge in [-0.15, -0.1) is 0 Å². The van der Waals surface area contributed by atoms with Crippen molar-refractivity contribution in [1.82, 2.24) is 0 Å². The zero-order chi connectivity index (χ0) is 9.64. The van der Waals surface area contributed by atoms with E-state index in [0.717, 1.165) is 0 Å². The summed E-state index contributed by atoms with van der Waals surface area (Å²) in [5, 5.41) is 0. The maximum absolute atomic E-state index is 2.12. The van der Waals surface area contributed by atoms with Crippen molar-refractivity contribution in [3.8, 4) is 0 Å². The fraction of sp³-hybridized carbons (Fsp3) is 0. The Bertz CT molecular complexity index is 362. The van der Waals surface area contributed by atoms with Gasteiger partial charge in [0.15, 0.2) is 0 Å². The van der Waals surface area contributed by atoms with Crippen LogP contribution in [0.4, 0.5) is 0 Å². The molecule has 0 aromatic heterocycles. The largest absolute Gasteiger partial charge is 0.0622 e. The predicted octanol–water partition coefficient (Wildman–Crippen LogP) is 3.85. The van der Waals surface area contributed by atoms with E-state index in [4.69, 9.17) is 0 Å². The molecule has 0 amide bonds. The fourth-order valence-electron chi connectivity index (χ4n) is 1.32. The summed E-state index contributed by atoms with van der Waals surface area (Å²) < 4.78 is 0. The van der Waals surface area contributed by atoms with Gasteiger partial charge in [-0.25, -0.2) is 0 Å². The van der Waals surface area contributed by atoms with Gasteiger partial charge in [-0.1, -0.05) is 72.8 Å². The molecule has 1 heteroatoms. The van der Waals surface area contributed by atoms with Gasteiger partial charge in [0, 0.05) is 17.4 Å². The summed E-state index contributed by atoms with van der Waals surface area (Å²) >= 11 is 0. The van der Waals surface area contributed by atoms with E-state index in [2.05, 4.69) is 36.4 Å². The summed E-state index contributed by atoms with van der Waals surface area (Å²) in [5.41, 5.74) is 2.47. The Labute approximate surface area is 101 Å². The molecule has 0 atom stereocenters. The van der Waals surface area contributed by atoms with Crippen LogP contribution in [0.5, 0.6) is 0 Å². The van der Waals surface area contributed by atoms with Gasteiger partial charge in [-0.3, -0.25) is 0 Å². The van der Waals surface area contributed by atoms with E-state index in [0.29, 0.717) is 0 Å². The van der Waals surface area contributed by atoms with E-state index < -0.39 is 0 Å². The van der Waals surface area contributed by atoms with Gasteiger partial charge in [0.05, 0.1) is 0 Å². The molecular formula is C14H12Cr. The molecule has 0 unspecified atom stereocenters. The van der Waals surface area contributed by atoms with E-state index in [1.807, 2.05) is 36.4 Å². The first kappa shape index (κ1) is 11.8. The van der Waals surface area contributed by atoms with Crippen molar-refractivity contribution in [1.29, 1.82) is 0 Å². The quantitative estimate of drug-likeness (QED) is 0.690. The van der Waals surface area contributed by atoms with Gasteiger partial charge in [-0.2, -0.15) is 0 Å². The van der Waals surface area contributed by atoms with Gasteiger partial charge in [0.25, 0.3) is 0 Å². The summed E-state index contributed by atoms with van der Waals surface area (Å²) in [5.74, 6) is 0. The zero-order valence-electron chi connectivity index (χ0n) is 8.34. The van der Waals surface area contributed by atoms with E-state index >= 15 is 0 Å². The third-order valence-corrected chi connectivity index (χ3v) is 2.07. The molecule has 0 heterocycles. The molecule has 0 aliphatic heterocycles. The van der Waals surface area contributed by atoms with Crippen molar-refractivity contribution in [2.24, 2.45) is 0 Å². The fourth-order valence-corrected chi connectivity index (χ4v) is 1.32. The molecule has 2 rings (SSSR count). The summed E-state index contributed by atoms with van der Waals surface area (Å²) in [6.07, 6.45) is 4.24. The van der Waals surface area contributed by atoms with Crippen LogP contribution in [0.1, 0.15) is 11.1 Å². The van der Waals surface area contributed by atoms with E-state index in [-0.39, 0.29) is 17.4 Å². The molecule has 0 saturated heterocycles. The molecule has 0 N–H and O–H groups in total. The Morgan fingerprint density at radius 2 is 0.867 bits per heavy atom. The number of rotatable bonds is 2. The molecule has 15 heavy (non-hydrogen) atoms. The van der Waals surface area contributed by atoms with Crippen LogP contribution in [0.15, 0.2) is 60.7 Å². The molecule has 0 saturated carbocycles. The molecule has 0 nitrogen and oxygen atoms in total. The SMILES string of the molecule is C(=Cc1ccccc1)c1ccccc1.[Cr]. The minimum atomic E-state index is 0. The van der Waals surface area contributed by atoms with Gasteiger partial charge in [0.1, 0.15) is 0 Å². The smallest absolute Gasteiger partial charge is 0 e. The molecular weight excluding hydrogens is 220 g/mol. The van der Waals surface area contributed by atoms with Gasteiger partial charge >= 0.3 is 0 Å². The maximum atomic E-state index is 2.12. The molecule has 2 aromatic carbocycles. The Balaban J connectivity index is 0.00000112. The zero-order valence-corrected chi connectivity index (χ0v) is 9.61. The minimum absolute atomic E-state index is 0. The van der Waals surface area contributed by atoms with Crippen molar-refractivity contribution in [3.63, 3.8) is 0 Å². The van der Waals surface area contributed by atoms with Crippen LogP contribution in [0.2, 0.25) is 0 Å². The first-order valence-electron chi connectivity index (χ1n) is 4.73. The van der Waals surface area contributed by atoms with Crippen LogP contribution in [-0.2, 0) is 17.4 Å². The summed E-state index contributed by atoms with van der Waals surface area (Å²) in [6.45, 7) is 0. The normalized spacial score (nSPS) is 9.87. The Morgan fingerprint density at radius 3 is 1.20 bits per heavy atom. The average Bonchev–Trinajstić information content (AvgIpc) is 2.29. The van der Waals surface area contributed by atoms with Gasteiger partial charge in [-0.05, 0) is 11.1 Å². The summed E-state index contributed by atoms with van der Waals surface area (Å²) in [6, 6.07) is 20.6. The van der Waals surface area contributed by atoms with Crippen LogP contribution in [0.25, 0.3) is 12.2 Å². The Kier molecular flexibility index (Phi) is 4.91. The molecule has 0 aliphatic carbocycles. The van der Waals surface area contributed by atoms with Crippen molar-refractivity contribution in [2.45, 2.75) is 0 Å². The van der Waals surface area contributed by atoms with Crippen LogP contribution in [0.3, 0.4) is 0 Å². The van der Waals surface area contributed by atoms with Gasteiger partial charge in [0.2, 0.25) is 0 Å². The number of hydrogen-bond donors (Lipinski definition) is 0. The van der Waals surface area contributed by atoms with Crippen molar-refractivity contribution in [2.75, 3.05) is 0 Å². The molecule has 0 fully saturated rings. The second kappa shape index (κ2) is 6.24.